The first-order chi connectivity index (χ1) is 10.1. The Kier molecular flexibility index (Phi) is 5.23. The van der Waals surface area contributed by atoms with Crippen molar-refractivity contribution in [2.75, 3.05) is 37.4 Å². The van der Waals surface area contributed by atoms with Gasteiger partial charge in [-0.15, -0.1) is 0 Å². The van der Waals surface area contributed by atoms with Gasteiger partial charge in [-0.2, -0.15) is 4.98 Å². The van der Waals surface area contributed by atoms with Gasteiger partial charge in [0.05, 0.1) is 4.92 Å². The maximum absolute atomic E-state index is 11.0. The van der Waals surface area contributed by atoms with Gasteiger partial charge in [0.15, 0.2) is 0 Å². The van der Waals surface area contributed by atoms with Crippen LogP contribution in [0.5, 0.6) is 0 Å². The molecule has 0 aromatic carbocycles. The first kappa shape index (κ1) is 15.4. The third-order valence-electron chi connectivity index (χ3n) is 3.78. The molecule has 0 unspecified atom stereocenters. The lowest BCUT2D eigenvalue weighted by atomic mass is 9.94. The maximum Gasteiger partial charge on any atom is 0.329 e. The molecule has 1 aliphatic heterocycles. The number of piperidine rings is 1. The quantitative estimate of drug-likeness (QED) is 0.400. The van der Waals surface area contributed by atoms with E-state index in [1.54, 1.807) is 0 Å². The van der Waals surface area contributed by atoms with Crippen molar-refractivity contribution in [1.29, 1.82) is 0 Å². The molecule has 1 saturated heterocycles. The summed E-state index contributed by atoms with van der Waals surface area (Å²) in [6.45, 7) is 2.87. The van der Waals surface area contributed by atoms with Crippen molar-refractivity contribution in [2.45, 2.75) is 19.3 Å². The van der Waals surface area contributed by atoms with E-state index in [1.165, 1.54) is 12.8 Å². The van der Waals surface area contributed by atoms with Crippen molar-refractivity contribution in [3.8, 4) is 0 Å². The summed E-state index contributed by atoms with van der Waals surface area (Å²) in [5.41, 5.74) is 2.15. The first-order valence-corrected chi connectivity index (χ1v) is 7.00. The summed E-state index contributed by atoms with van der Waals surface area (Å²) in [5, 5.41) is 14.0. The van der Waals surface area contributed by atoms with Gasteiger partial charge in [-0.25, -0.2) is 10.8 Å². The fourth-order valence-electron chi connectivity index (χ4n) is 2.45. The predicted octanol–water partition coefficient (Wildman–Crippen LogP) is 0.814. The molecule has 0 saturated carbocycles. The summed E-state index contributed by atoms with van der Waals surface area (Å²) in [5.74, 6) is 6.24. The van der Waals surface area contributed by atoms with Crippen LogP contribution in [0.15, 0.2) is 6.20 Å². The molecular weight excluding hydrogens is 274 g/mol. The van der Waals surface area contributed by atoms with E-state index in [4.69, 9.17) is 5.84 Å². The molecular formula is C12H21N7O2. The minimum absolute atomic E-state index is 0.141. The Hall–Kier alpha value is -2.00. The number of nitrogens with two attached hydrogens (primary N) is 1. The number of nitro groups is 1. The average molecular weight is 295 g/mol. The number of nitrogen functional groups attached to an aromatic ring is 1. The van der Waals surface area contributed by atoms with Crippen molar-refractivity contribution in [3.63, 3.8) is 0 Å². The summed E-state index contributed by atoms with van der Waals surface area (Å²) >= 11 is 0. The molecule has 1 aliphatic rings. The van der Waals surface area contributed by atoms with Crippen molar-refractivity contribution >= 4 is 17.5 Å². The second kappa shape index (κ2) is 7.14. The molecule has 1 aromatic heterocycles. The van der Waals surface area contributed by atoms with E-state index in [0.717, 1.165) is 25.7 Å². The zero-order valence-electron chi connectivity index (χ0n) is 12.1. The molecule has 1 aromatic rings. The van der Waals surface area contributed by atoms with Gasteiger partial charge in [-0.1, -0.05) is 0 Å². The van der Waals surface area contributed by atoms with Gasteiger partial charge in [-0.05, 0) is 45.3 Å². The topological polar surface area (TPSA) is 122 Å². The number of likely N-dealkylation sites (tertiary alicyclic amines) is 1. The highest BCUT2D eigenvalue weighted by Gasteiger charge is 2.19. The van der Waals surface area contributed by atoms with Gasteiger partial charge in [-0.3, -0.25) is 15.5 Å². The monoisotopic (exact) mass is 295 g/mol. The molecule has 0 radical (unpaired) electrons. The molecule has 0 amide bonds. The Bertz CT molecular complexity index is 488. The third-order valence-corrected chi connectivity index (χ3v) is 3.78. The van der Waals surface area contributed by atoms with Crippen LogP contribution in [0, 0.1) is 16.0 Å². The fourth-order valence-corrected chi connectivity index (χ4v) is 2.45. The number of aromatic nitrogens is 2. The largest absolute Gasteiger partial charge is 0.364 e. The summed E-state index contributed by atoms with van der Waals surface area (Å²) in [7, 11) is 2.13. The Morgan fingerprint density at radius 1 is 1.52 bits per heavy atom. The molecule has 2 rings (SSSR count). The van der Waals surface area contributed by atoms with Crippen LogP contribution in [-0.4, -0.2) is 46.5 Å². The Morgan fingerprint density at radius 2 is 2.24 bits per heavy atom. The number of nitrogens with one attached hydrogen (secondary N) is 2. The molecule has 0 aliphatic carbocycles. The molecule has 1 fully saturated rings. The van der Waals surface area contributed by atoms with Gasteiger partial charge in [0, 0.05) is 6.54 Å². The number of nitrogens with zero attached hydrogens (tertiary/aromatic N) is 4. The molecule has 0 bridgehead atoms. The Morgan fingerprint density at radius 3 is 2.86 bits per heavy atom. The van der Waals surface area contributed by atoms with E-state index < -0.39 is 4.92 Å². The zero-order valence-corrected chi connectivity index (χ0v) is 12.1. The third kappa shape index (κ3) is 4.23. The van der Waals surface area contributed by atoms with Gasteiger partial charge < -0.3 is 10.2 Å². The van der Waals surface area contributed by atoms with Gasteiger partial charge in [0.25, 0.3) is 0 Å². The lowest BCUT2D eigenvalue weighted by molar-refractivity contribution is -0.384. The number of hydrazine groups is 1. The molecule has 0 atom stereocenters. The minimum Gasteiger partial charge on any atom is -0.364 e. The van der Waals surface area contributed by atoms with Crippen LogP contribution < -0.4 is 16.6 Å². The van der Waals surface area contributed by atoms with Gasteiger partial charge in [0.2, 0.25) is 11.8 Å². The van der Waals surface area contributed by atoms with Crippen LogP contribution in [0.4, 0.5) is 17.5 Å². The van der Waals surface area contributed by atoms with Crippen molar-refractivity contribution < 1.29 is 4.92 Å². The van der Waals surface area contributed by atoms with Crippen LogP contribution in [-0.2, 0) is 0 Å². The highest BCUT2D eigenvalue weighted by Crippen LogP contribution is 2.23. The second-order valence-electron chi connectivity index (χ2n) is 5.29. The smallest absolute Gasteiger partial charge is 0.329 e. The maximum atomic E-state index is 11.0. The van der Waals surface area contributed by atoms with Crippen LogP contribution >= 0.6 is 0 Å². The molecule has 9 nitrogen and oxygen atoms in total. The van der Waals surface area contributed by atoms with Crippen molar-refractivity contribution in [1.82, 2.24) is 14.9 Å². The molecule has 2 heterocycles. The molecule has 21 heavy (non-hydrogen) atoms. The lowest BCUT2D eigenvalue weighted by Gasteiger charge is -2.28. The standard InChI is InChI=1S/C12H21N7O2/c1-18-6-3-9(4-7-18)2-5-14-11-10(19(20)21)8-15-12(16-11)17-13/h8-9H,2-7,13H2,1H3,(H2,14,15,16,17). The Labute approximate surface area is 123 Å². The highest BCUT2D eigenvalue weighted by molar-refractivity contribution is 5.56. The average Bonchev–Trinajstić information content (AvgIpc) is 2.49. The van der Waals surface area contributed by atoms with Crippen molar-refractivity contribution in [2.24, 2.45) is 11.8 Å². The van der Waals surface area contributed by atoms with Crippen LogP contribution in [0.25, 0.3) is 0 Å². The van der Waals surface area contributed by atoms with E-state index in [0.29, 0.717) is 12.5 Å². The van der Waals surface area contributed by atoms with E-state index in [9.17, 15) is 10.1 Å². The first-order valence-electron chi connectivity index (χ1n) is 7.00. The van der Waals surface area contributed by atoms with Gasteiger partial charge in [0.1, 0.15) is 6.20 Å². The number of hydrogen-bond donors (Lipinski definition) is 3. The molecule has 116 valence electrons. The lowest BCUT2D eigenvalue weighted by Crippen LogP contribution is -2.30. The Balaban J connectivity index is 1.91. The number of hydrogen-bond acceptors (Lipinski definition) is 8. The summed E-state index contributed by atoms with van der Waals surface area (Å²) in [6.07, 6.45) is 4.46. The number of rotatable bonds is 6. The van der Waals surface area contributed by atoms with E-state index >= 15 is 0 Å². The SMILES string of the molecule is CN1CCC(CCNc2nc(NN)ncc2[N+](=O)[O-])CC1. The summed E-state index contributed by atoms with van der Waals surface area (Å²) in [6, 6.07) is 0. The summed E-state index contributed by atoms with van der Waals surface area (Å²) in [4.78, 5) is 20.5. The van der Waals surface area contributed by atoms with E-state index in [-0.39, 0.29) is 17.5 Å². The van der Waals surface area contributed by atoms with Crippen molar-refractivity contribution in [3.05, 3.63) is 16.3 Å². The minimum atomic E-state index is -0.502. The zero-order chi connectivity index (χ0) is 15.2. The van der Waals surface area contributed by atoms with Crippen LogP contribution in [0.2, 0.25) is 0 Å². The number of anilines is 2. The molecule has 9 heteroatoms. The summed E-state index contributed by atoms with van der Waals surface area (Å²) < 4.78 is 0. The fraction of sp³-hybridized carbons (Fsp3) is 0.667. The normalized spacial score (nSPS) is 16.7. The van der Waals surface area contributed by atoms with Crippen LogP contribution in [0.3, 0.4) is 0 Å². The molecule has 0 spiro atoms. The van der Waals surface area contributed by atoms with E-state index in [1.807, 2.05) is 0 Å². The predicted molar refractivity (Wildman–Crippen MR) is 79.8 cm³/mol. The van der Waals surface area contributed by atoms with E-state index in [2.05, 4.69) is 32.7 Å². The second-order valence-corrected chi connectivity index (χ2v) is 5.29. The van der Waals surface area contributed by atoms with Gasteiger partial charge >= 0.3 is 5.69 Å². The highest BCUT2D eigenvalue weighted by atomic mass is 16.6. The molecule has 4 N–H and O–H groups in total. The van der Waals surface area contributed by atoms with Crippen LogP contribution in [0.1, 0.15) is 19.3 Å².